The second kappa shape index (κ2) is 8.94. The summed E-state index contributed by atoms with van der Waals surface area (Å²) < 4.78 is 4.71. The van der Waals surface area contributed by atoms with E-state index >= 15 is 0 Å². The van der Waals surface area contributed by atoms with E-state index in [-0.39, 0.29) is 30.5 Å². The number of rotatable bonds is 8. The number of likely N-dealkylation sites (N-methyl/N-ethyl adjacent to an activating group) is 1. The summed E-state index contributed by atoms with van der Waals surface area (Å²) in [5.74, 6) is -0.513. The molecule has 0 saturated heterocycles. The van der Waals surface area contributed by atoms with E-state index in [9.17, 15) is 14.4 Å². The smallest absolute Gasteiger partial charge is 0.323 e. The van der Waals surface area contributed by atoms with Crippen molar-refractivity contribution in [1.82, 2.24) is 5.32 Å². The van der Waals surface area contributed by atoms with Crippen LogP contribution in [0, 0.1) is 0 Å². The first-order chi connectivity index (χ1) is 10.5. The van der Waals surface area contributed by atoms with Crippen LogP contribution in [0.2, 0.25) is 0 Å². The van der Waals surface area contributed by atoms with Crippen LogP contribution < -0.4 is 10.6 Å². The van der Waals surface area contributed by atoms with E-state index < -0.39 is 6.04 Å². The molecule has 120 valence electrons. The van der Waals surface area contributed by atoms with Gasteiger partial charge in [0.1, 0.15) is 11.8 Å². The number of carbonyl (C=O) groups is 3. The van der Waals surface area contributed by atoms with Crippen molar-refractivity contribution in [3.05, 3.63) is 29.8 Å². The summed E-state index contributed by atoms with van der Waals surface area (Å²) >= 11 is 0. The lowest BCUT2D eigenvalue weighted by Crippen LogP contribution is -2.36. The number of hydrogen-bond donors (Lipinski definition) is 2. The Morgan fingerprint density at radius 3 is 2.27 bits per heavy atom. The highest BCUT2D eigenvalue weighted by atomic mass is 16.5. The zero-order chi connectivity index (χ0) is 16.5. The minimum atomic E-state index is -0.402. The van der Waals surface area contributed by atoms with Crippen molar-refractivity contribution in [2.75, 3.05) is 19.5 Å². The molecule has 0 aromatic heterocycles. The van der Waals surface area contributed by atoms with Gasteiger partial charge in [-0.2, -0.15) is 0 Å². The van der Waals surface area contributed by atoms with Crippen LogP contribution in [-0.2, 0) is 25.5 Å². The summed E-state index contributed by atoms with van der Waals surface area (Å²) in [6.45, 7) is 1.46. The Hall–Kier alpha value is -2.21. The third kappa shape index (κ3) is 6.05. The molecular weight excluding hydrogens is 284 g/mol. The molecule has 0 heterocycles. The van der Waals surface area contributed by atoms with Crippen molar-refractivity contribution < 1.29 is 19.1 Å². The van der Waals surface area contributed by atoms with Crippen molar-refractivity contribution in [3.63, 3.8) is 0 Å². The van der Waals surface area contributed by atoms with E-state index in [2.05, 4.69) is 10.6 Å². The van der Waals surface area contributed by atoms with Crippen LogP contribution in [0.4, 0.5) is 5.69 Å². The standard InChI is InChI=1S/C16H22N2O4/c1-11(19)4-9-15(20)18-13-7-5-12(6-8-13)10-14(17-2)16(21)22-3/h5-8,14,17H,4,9-10H2,1-3H3,(H,18,20). The zero-order valence-electron chi connectivity index (χ0n) is 13.1. The Bertz CT molecular complexity index is 525. The normalized spacial score (nSPS) is 11.6. The minimum absolute atomic E-state index is 0.00795. The average Bonchev–Trinajstić information content (AvgIpc) is 2.51. The molecule has 0 aliphatic carbocycles. The van der Waals surface area contributed by atoms with Crippen molar-refractivity contribution >= 4 is 23.3 Å². The van der Waals surface area contributed by atoms with Gasteiger partial charge in [0.15, 0.2) is 0 Å². The van der Waals surface area contributed by atoms with Gasteiger partial charge in [0.05, 0.1) is 7.11 Å². The Morgan fingerprint density at radius 2 is 1.77 bits per heavy atom. The van der Waals surface area contributed by atoms with Crippen LogP contribution in [0.5, 0.6) is 0 Å². The molecule has 1 rings (SSSR count). The van der Waals surface area contributed by atoms with Crippen molar-refractivity contribution in [1.29, 1.82) is 0 Å². The fourth-order valence-corrected chi connectivity index (χ4v) is 1.92. The molecule has 6 nitrogen and oxygen atoms in total. The average molecular weight is 306 g/mol. The largest absolute Gasteiger partial charge is 0.468 e. The van der Waals surface area contributed by atoms with Gasteiger partial charge in [0, 0.05) is 18.5 Å². The topological polar surface area (TPSA) is 84.5 Å². The zero-order valence-corrected chi connectivity index (χ0v) is 13.1. The van der Waals surface area contributed by atoms with Gasteiger partial charge in [0.25, 0.3) is 0 Å². The summed E-state index contributed by atoms with van der Waals surface area (Å²) in [5.41, 5.74) is 1.61. The van der Waals surface area contributed by atoms with Gasteiger partial charge >= 0.3 is 5.97 Å². The van der Waals surface area contributed by atoms with Crippen LogP contribution >= 0.6 is 0 Å². The number of esters is 1. The van der Waals surface area contributed by atoms with E-state index in [1.807, 2.05) is 12.1 Å². The minimum Gasteiger partial charge on any atom is -0.468 e. The number of amides is 1. The van der Waals surface area contributed by atoms with Crippen LogP contribution in [0.15, 0.2) is 24.3 Å². The number of methoxy groups -OCH3 is 1. The first-order valence-electron chi connectivity index (χ1n) is 7.09. The molecule has 1 atom stereocenters. The molecule has 2 N–H and O–H groups in total. The molecular formula is C16H22N2O4. The molecule has 6 heteroatoms. The van der Waals surface area contributed by atoms with Gasteiger partial charge in [-0.3, -0.25) is 9.59 Å². The lowest BCUT2D eigenvalue weighted by atomic mass is 10.1. The van der Waals surface area contributed by atoms with Crippen LogP contribution in [-0.4, -0.2) is 37.9 Å². The van der Waals surface area contributed by atoms with E-state index in [0.717, 1.165) is 5.56 Å². The lowest BCUT2D eigenvalue weighted by molar-refractivity contribution is -0.142. The molecule has 0 saturated carbocycles. The Balaban J connectivity index is 2.57. The number of nitrogens with one attached hydrogen (secondary N) is 2. The first-order valence-corrected chi connectivity index (χ1v) is 7.09. The molecule has 0 spiro atoms. The number of ketones is 1. The number of anilines is 1. The summed E-state index contributed by atoms with van der Waals surface area (Å²) in [4.78, 5) is 34.0. The Morgan fingerprint density at radius 1 is 1.14 bits per heavy atom. The molecule has 0 bridgehead atoms. The van der Waals surface area contributed by atoms with E-state index in [1.54, 1.807) is 19.2 Å². The predicted octanol–water partition coefficient (Wildman–Crippen LogP) is 1.30. The van der Waals surface area contributed by atoms with E-state index in [0.29, 0.717) is 12.1 Å². The molecule has 0 aliphatic heterocycles. The number of benzene rings is 1. The quantitative estimate of drug-likeness (QED) is 0.707. The van der Waals surface area contributed by atoms with Crippen LogP contribution in [0.3, 0.4) is 0 Å². The van der Waals surface area contributed by atoms with Gasteiger partial charge in [-0.15, -0.1) is 0 Å². The van der Waals surface area contributed by atoms with Crippen molar-refractivity contribution in [2.45, 2.75) is 32.2 Å². The van der Waals surface area contributed by atoms with E-state index in [1.165, 1.54) is 14.0 Å². The Kier molecular flexibility index (Phi) is 7.25. The molecule has 22 heavy (non-hydrogen) atoms. The number of Topliss-reactive ketones (excluding diaryl/α,β-unsaturated/α-hetero) is 1. The highest BCUT2D eigenvalue weighted by Gasteiger charge is 2.17. The molecule has 0 fully saturated rings. The first kappa shape index (κ1) is 17.8. The summed E-state index contributed by atoms with van der Waals surface area (Å²) in [6, 6.07) is 6.82. The Labute approximate surface area is 130 Å². The van der Waals surface area contributed by atoms with Gasteiger partial charge in [-0.1, -0.05) is 12.1 Å². The molecule has 1 unspecified atom stereocenters. The van der Waals surface area contributed by atoms with E-state index in [4.69, 9.17) is 4.74 Å². The van der Waals surface area contributed by atoms with Crippen LogP contribution in [0.1, 0.15) is 25.3 Å². The molecule has 1 aromatic carbocycles. The predicted molar refractivity (Wildman–Crippen MR) is 83.6 cm³/mol. The number of carbonyl (C=O) groups excluding carboxylic acids is 3. The van der Waals surface area contributed by atoms with Gasteiger partial charge < -0.3 is 20.2 Å². The summed E-state index contributed by atoms with van der Waals surface area (Å²) in [7, 11) is 3.05. The summed E-state index contributed by atoms with van der Waals surface area (Å²) in [6.07, 6.45) is 0.926. The third-order valence-electron chi connectivity index (χ3n) is 3.22. The molecule has 0 aliphatic rings. The second-order valence-corrected chi connectivity index (χ2v) is 5.02. The maximum atomic E-state index is 11.6. The van der Waals surface area contributed by atoms with Gasteiger partial charge in [0.2, 0.25) is 5.91 Å². The van der Waals surface area contributed by atoms with Crippen LogP contribution in [0.25, 0.3) is 0 Å². The molecule has 0 radical (unpaired) electrons. The van der Waals surface area contributed by atoms with Crippen molar-refractivity contribution in [3.8, 4) is 0 Å². The summed E-state index contributed by atoms with van der Waals surface area (Å²) in [5, 5.41) is 5.63. The number of ether oxygens (including phenoxy) is 1. The second-order valence-electron chi connectivity index (χ2n) is 5.02. The highest BCUT2D eigenvalue weighted by Crippen LogP contribution is 2.12. The fraction of sp³-hybridized carbons (Fsp3) is 0.438. The SMILES string of the molecule is CNC(Cc1ccc(NC(=O)CCC(C)=O)cc1)C(=O)OC. The fourth-order valence-electron chi connectivity index (χ4n) is 1.92. The maximum Gasteiger partial charge on any atom is 0.323 e. The molecule has 1 amide bonds. The van der Waals surface area contributed by atoms with Gasteiger partial charge in [-0.05, 0) is 38.1 Å². The lowest BCUT2D eigenvalue weighted by Gasteiger charge is -2.14. The van der Waals surface area contributed by atoms with Gasteiger partial charge in [-0.25, -0.2) is 0 Å². The van der Waals surface area contributed by atoms with Crippen molar-refractivity contribution in [2.24, 2.45) is 0 Å². The maximum absolute atomic E-state index is 11.6. The third-order valence-corrected chi connectivity index (χ3v) is 3.22. The highest BCUT2D eigenvalue weighted by molar-refractivity contribution is 5.93. The molecule has 1 aromatic rings. The monoisotopic (exact) mass is 306 g/mol. The number of hydrogen-bond acceptors (Lipinski definition) is 5.